The third-order valence-electron chi connectivity index (χ3n) is 3.08. The van der Waals surface area contributed by atoms with Crippen LogP contribution in [0.4, 0.5) is 0 Å². The van der Waals surface area contributed by atoms with E-state index in [4.69, 9.17) is 6.42 Å². The summed E-state index contributed by atoms with van der Waals surface area (Å²) >= 11 is 0. The zero-order valence-corrected chi connectivity index (χ0v) is 10.9. The molecule has 3 nitrogen and oxygen atoms in total. The van der Waals surface area contributed by atoms with Gasteiger partial charge in [-0.3, -0.25) is 9.78 Å². The van der Waals surface area contributed by atoms with E-state index in [2.05, 4.69) is 16.2 Å². The molecule has 0 radical (unpaired) electrons. The number of carbonyl (C=O) groups excluding carboxylic acids is 1. The van der Waals surface area contributed by atoms with Crippen LogP contribution in [-0.4, -0.2) is 16.9 Å². The van der Waals surface area contributed by atoms with E-state index in [1.807, 2.05) is 37.3 Å². The standard InChI is InChI=1S/C16H16N2O/c1-3-7-12(4-2)18-16(19)14-8-5-10-15-13(14)9-6-11-17-15/h1,5-6,8-12H,4,7H2,2H3,(H,18,19). The van der Waals surface area contributed by atoms with Crippen LogP contribution in [0.2, 0.25) is 0 Å². The highest BCUT2D eigenvalue weighted by atomic mass is 16.1. The number of hydrogen-bond acceptors (Lipinski definition) is 2. The van der Waals surface area contributed by atoms with Gasteiger partial charge in [-0.05, 0) is 24.6 Å². The number of hydrogen-bond donors (Lipinski definition) is 1. The fourth-order valence-electron chi connectivity index (χ4n) is 2.00. The maximum absolute atomic E-state index is 12.3. The second kappa shape index (κ2) is 6.01. The molecule has 0 bridgehead atoms. The Hall–Kier alpha value is -2.34. The van der Waals surface area contributed by atoms with Crippen LogP contribution in [-0.2, 0) is 0 Å². The second-order valence-corrected chi connectivity index (χ2v) is 4.36. The molecule has 0 saturated carbocycles. The fourth-order valence-corrected chi connectivity index (χ4v) is 2.00. The van der Waals surface area contributed by atoms with Gasteiger partial charge in [0.2, 0.25) is 0 Å². The van der Waals surface area contributed by atoms with E-state index in [-0.39, 0.29) is 11.9 Å². The molecule has 1 unspecified atom stereocenters. The molecule has 96 valence electrons. The number of pyridine rings is 1. The quantitative estimate of drug-likeness (QED) is 0.850. The molecule has 1 heterocycles. The average Bonchev–Trinajstić information content (AvgIpc) is 2.46. The topological polar surface area (TPSA) is 42.0 Å². The van der Waals surface area contributed by atoms with Crippen molar-refractivity contribution < 1.29 is 4.79 Å². The molecule has 2 rings (SSSR count). The molecule has 0 fully saturated rings. The van der Waals surface area contributed by atoms with Crippen molar-refractivity contribution in [3.05, 3.63) is 42.1 Å². The molecule has 0 aliphatic carbocycles. The lowest BCUT2D eigenvalue weighted by atomic mass is 10.1. The molecule has 0 spiro atoms. The Bertz CT molecular complexity index is 623. The summed E-state index contributed by atoms with van der Waals surface area (Å²) in [6.07, 6.45) is 8.38. The van der Waals surface area contributed by atoms with Gasteiger partial charge in [0.25, 0.3) is 5.91 Å². The molecule has 0 saturated heterocycles. The van der Waals surface area contributed by atoms with Gasteiger partial charge in [-0.25, -0.2) is 0 Å². The molecule has 3 heteroatoms. The Morgan fingerprint density at radius 3 is 3.00 bits per heavy atom. The van der Waals surface area contributed by atoms with Crippen LogP contribution >= 0.6 is 0 Å². The van der Waals surface area contributed by atoms with E-state index in [0.717, 1.165) is 17.3 Å². The molecule has 1 aromatic carbocycles. The van der Waals surface area contributed by atoms with Crippen molar-refractivity contribution in [3.8, 4) is 12.3 Å². The number of amides is 1. The molecule has 0 aliphatic heterocycles. The lowest BCUT2D eigenvalue weighted by Crippen LogP contribution is -2.34. The van der Waals surface area contributed by atoms with Gasteiger partial charge in [-0.1, -0.05) is 19.1 Å². The highest BCUT2D eigenvalue weighted by Crippen LogP contribution is 2.16. The van der Waals surface area contributed by atoms with Gasteiger partial charge >= 0.3 is 0 Å². The number of aromatic nitrogens is 1. The van der Waals surface area contributed by atoms with Crippen LogP contribution in [0, 0.1) is 12.3 Å². The third-order valence-corrected chi connectivity index (χ3v) is 3.08. The molecule has 19 heavy (non-hydrogen) atoms. The van der Waals surface area contributed by atoms with Crippen LogP contribution < -0.4 is 5.32 Å². The van der Waals surface area contributed by atoms with Crippen LogP contribution in [0.3, 0.4) is 0 Å². The summed E-state index contributed by atoms with van der Waals surface area (Å²) in [7, 11) is 0. The SMILES string of the molecule is C#CCC(CC)NC(=O)c1cccc2ncccc12. The Morgan fingerprint density at radius 1 is 1.42 bits per heavy atom. The molecule has 1 N–H and O–H groups in total. The summed E-state index contributed by atoms with van der Waals surface area (Å²) in [5.41, 5.74) is 1.46. The first-order chi connectivity index (χ1) is 9.26. The Balaban J connectivity index is 2.29. The number of nitrogens with one attached hydrogen (secondary N) is 1. The van der Waals surface area contributed by atoms with Crippen molar-refractivity contribution in [3.63, 3.8) is 0 Å². The predicted molar refractivity (Wildman–Crippen MR) is 76.7 cm³/mol. The summed E-state index contributed by atoms with van der Waals surface area (Å²) in [4.78, 5) is 16.5. The summed E-state index contributed by atoms with van der Waals surface area (Å²) in [5, 5.41) is 3.83. The van der Waals surface area contributed by atoms with Crippen LogP contribution in [0.5, 0.6) is 0 Å². The zero-order chi connectivity index (χ0) is 13.7. The first-order valence-corrected chi connectivity index (χ1v) is 6.34. The van der Waals surface area contributed by atoms with E-state index < -0.39 is 0 Å². The molecule has 1 aromatic heterocycles. The maximum atomic E-state index is 12.3. The summed E-state index contributed by atoms with van der Waals surface area (Å²) < 4.78 is 0. The number of benzene rings is 1. The molecule has 1 amide bonds. The average molecular weight is 252 g/mol. The Kier molecular flexibility index (Phi) is 4.15. The van der Waals surface area contributed by atoms with Crippen molar-refractivity contribution in [1.82, 2.24) is 10.3 Å². The molecule has 2 aromatic rings. The molecule has 1 atom stereocenters. The number of fused-ring (bicyclic) bond motifs is 1. The zero-order valence-electron chi connectivity index (χ0n) is 10.9. The molecular weight excluding hydrogens is 236 g/mol. The summed E-state index contributed by atoms with van der Waals surface area (Å²) in [6, 6.07) is 9.29. The van der Waals surface area contributed by atoms with Crippen molar-refractivity contribution in [2.45, 2.75) is 25.8 Å². The van der Waals surface area contributed by atoms with Crippen molar-refractivity contribution in [2.75, 3.05) is 0 Å². The highest BCUT2D eigenvalue weighted by molar-refractivity contribution is 6.06. The summed E-state index contributed by atoms with van der Waals surface area (Å²) in [6.45, 7) is 2.01. The smallest absolute Gasteiger partial charge is 0.252 e. The van der Waals surface area contributed by atoms with Crippen molar-refractivity contribution in [2.24, 2.45) is 0 Å². The number of terminal acetylenes is 1. The van der Waals surface area contributed by atoms with Gasteiger partial charge in [0.05, 0.1) is 5.52 Å². The lowest BCUT2D eigenvalue weighted by molar-refractivity contribution is 0.0938. The molecule has 0 aliphatic rings. The minimum atomic E-state index is -0.0966. The minimum absolute atomic E-state index is 0.0180. The Morgan fingerprint density at radius 2 is 2.26 bits per heavy atom. The van der Waals surface area contributed by atoms with Gasteiger partial charge in [0, 0.05) is 29.6 Å². The largest absolute Gasteiger partial charge is 0.348 e. The number of carbonyl (C=O) groups is 1. The predicted octanol–water partition coefficient (Wildman–Crippen LogP) is 2.77. The maximum Gasteiger partial charge on any atom is 0.252 e. The first-order valence-electron chi connectivity index (χ1n) is 6.34. The van der Waals surface area contributed by atoms with Gasteiger partial charge < -0.3 is 5.32 Å². The van der Waals surface area contributed by atoms with Crippen LogP contribution in [0.15, 0.2) is 36.5 Å². The third kappa shape index (κ3) is 2.92. The van der Waals surface area contributed by atoms with E-state index in [9.17, 15) is 4.79 Å². The van der Waals surface area contributed by atoms with Crippen molar-refractivity contribution in [1.29, 1.82) is 0 Å². The van der Waals surface area contributed by atoms with Gasteiger partial charge in [0.1, 0.15) is 0 Å². The number of rotatable bonds is 4. The molecular formula is C16H16N2O. The van der Waals surface area contributed by atoms with Crippen molar-refractivity contribution >= 4 is 16.8 Å². The van der Waals surface area contributed by atoms with Gasteiger partial charge in [-0.15, -0.1) is 12.3 Å². The minimum Gasteiger partial charge on any atom is -0.348 e. The number of nitrogens with zero attached hydrogens (tertiary/aromatic N) is 1. The second-order valence-electron chi connectivity index (χ2n) is 4.36. The van der Waals surface area contributed by atoms with Crippen LogP contribution in [0.25, 0.3) is 10.9 Å². The van der Waals surface area contributed by atoms with Gasteiger partial charge in [-0.2, -0.15) is 0 Å². The lowest BCUT2D eigenvalue weighted by Gasteiger charge is -2.15. The highest BCUT2D eigenvalue weighted by Gasteiger charge is 2.13. The Labute approximate surface area is 113 Å². The first kappa shape index (κ1) is 13.1. The summed E-state index contributed by atoms with van der Waals surface area (Å²) in [5.74, 6) is 2.49. The van der Waals surface area contributed by atoms with E-state index in [1.54, 1.807) is 6.20 Å². The fraction of sp³-hybridized carbons (Fsp3) is 0.250. The van der Waals surface area contributed by atoms with E-state index >= 15 is 0 Å². The monoisotopic (exact) mass is 252 g/mol. The van der Waals surface area contributed by atoms with E-state index in [0.29, 0.717) is 12.0 Å². The van der Waals surface area contributed by atoms with Gasteiger partial charge in [0.15, 0.2) is 0 Å². The van der Waals surface area contributed by atoms with Crippen LogP contribution in [0.1, 0.15) is 30.1 Å². The normalized spacial score (nSPS) is 11.8. The van der Waals surface area contributed by atoms with E-state index in [1.165, 1.54) is 0 Å².